The van der Waals surface area contributed by atoms with Crippen LogP contribution in [0.3, 0.4) is 0 Å². The molecule has 27 heavy (non-hydrogen) atoms. The van der Waals surface area contributed by atoms with Gasteiger partial charge < -0.3 is 9.64 Å². The summed E-state index contributed by atoms with van der Waals surface area (Å²) in [5.74, 6) is -0.490. The van der Waals surface area contributed by atoms with Crippen molar-refractivity contribution < 1.29 is 22.7 Å². The second kappa shape index (κ2) is 9.03. The number of nitrogens with zero attached hydrogens (tertiary/aromatic N) is 1. The van der Waals surface area contributed by atoms with Crippen LogP contribution in [0.25, 0.3) is 0 Å². The van der Waals surface area contributed by atoms with Crippen molar-refractivity contribution in [1.82, 2.24) is 9.62 Å². The van der Waals surface area contributed by atoms with E-state index in [1.165, 1.54) is 38.1 Å². The number of hydrogen-bond donors (Lipinski definition) is 1. The van der Waals surface area contributed by atoms with Gasteiger partial charge in [-0.25, -0.2) is 8.42 Å². The van der Waals surface area contributed by atoms with Gasteiger partial charge in [0.25, 0.3) is 5.91 Å². The number of nitrogens with one attached hydrogen (secondary N) is 1. The lowest BCUT2D eigenvalue weighted by atomic mass is 9.99. The average molecular weight is 417 g/mol. The Morgan fingerprint density at radius 1 is 1.19 bits per heavy atom. The Labute approximate surface area is 165 Å². The zero-order valence-electron chi connectivity index (χ0n) is 15.6. The molecule has 150 valence electrons. The van der Waals surface area contributed by atoms with Crippen molar-refractivity contribution in [2.24, 2.45) is 5.92 Å². The first-order valence-electron chi connectivity index (χ1n) is 8.87. The van der Waals surface area contributed by atoms with Crippen LogP contribution in [-0.2, 0) is 24.3 Å². The van der Waals surface area contributed by atoms with Crippen LogP contribution in [0.1, 0.15) is 33.6 Å². The van der Waals surface area contributed by atoms with E-state index in [2.05, 4.69) is 11.6 Å². The highest BCUT2D eigenvalue weighted by Crippen LogP contribution is 2.18. The number of amides is 1. The van der Waals surface area contributed by atoms with Crippen LogP contribution < -0.4 is 4.72 Å². The standard InChI is InChI=1S/C18H25ClN2O5S/c1-12-8-10-21(11-9-12)17(22)14(3)26-18(23)13(2)20-27(24,25)16-6-4-15(19)5-7-16/h4-7,12-14,20H,8-11H2,1-3H3. The third kappa shape index (κ3) is 5.92. The van der Waals surface area contributed by atoms with Gasteiger partial charge in [-0.1, -0.05) is 18.5 Å². The number of ether oxygens (including phenoxy) is 1. The van der Waals surface area contributed by atoms with Crippen molar-refractivity contribution in [2.75, 3.05) is 13.1 Å². The molecule has 1 saturated heterocycles. The Bertz CT molecular complexity index is 773. The van der Waals surface area contributed by atoms with Crippen molar-refractivity contribution >= 4 is 33.5 Å². The maximum Gasteiger partial charge on any atom is 0.324 e. The third-order valence-corrected chi connectivity index (χ3v) is 6.35. The summed E-state index contributed by atoms with van der Waals surface area (Å²) >= 11 is 5.75. The minimum atomic E-state index is -3.91. The number of carbonyl (C=O) groups is 2. The maximum atomic E-state index is 12.4. The molecule has 9 heteroatoms. The van der Waals surface area contributed by atoms with Crippen LogP contribution in [0.5, 0.6) is 0 Å². The minimum Gasteiger partial charge on any atom is -0.451 e. The molecular weight excluding hydrogens is 392 g/mol. The largest absolute Gasteiger partial charge is 0.451 e. The second-order valence-corrected chi connectivity index (χ2v) is 9.03. The predicted molar refractivity (Wildman–Crippen MR) is 102 cm³/mol. The summed E-state index contributed by atoms with van der Waals surface area (Å²) in [6.07, 6.45) is 0.876. The number of halogens is 1. The van der Waals surface area contributed by atoms with Crippen molar-refractivity contribution in [1.29, 1.82) is 0 Å². The fourth-order valence-corrected chi connectivity index (χ4v) is 4.09. The van der Waals surface area contributed by atoms with E-state index in [-0.39, 0.29) is 10.8 Å². The van der Waals surface area contributed by atoms with E-state index in [0.29, 0.717) is 24.0 Å². The summed E-state index contributed by atoms with van der Waals surface area (Å²) in [5, 5.41) is 0.404. The van der Waals surface area contributed by atoms with E-state index in [4.69, 9.17) is 16.3 Å². The highest BCUT2D eigenvalue weighted by molar-refractivity contribution is 7.89. The SMILES string of the molecule is CC1CCN(C(=O)C(C)OC(=O)C(C)NS(=O)(=O)c2ccc(Cl)cc2)CC1. The first-order chi connectivity index (χ1) is 12.6. The van der Waals surface area contributed by atoms with Gasteiger partial charge in [0, 0.05) is 18.1 Å². The number of carbonyl (C=O) groups excluding carboxylic acids is 2. The molecule has 0 radical (unpaired) electrons. The van der Waals surface area contributed by atoms with Crippen LogP contribution in [0.15, 0.2) is 29.2 Å². The van der Waals surface area contributed by atoms with E-state index in [9.17, 15) is 18.0 Å². The van der Waals surface area contributed by atoms with Gasteiger partial charge in [-0.2, -0.15) is 4.72 Å². The van der Waals surface area contributed by atoms with Gasteiger partial charge >= 0.3 is 5.97 Å². The molecular formula is C18H25ClN2O5S. The predicted octanol–water partition coefficient (Wildman–Crippen LogP) is 2.20. The topological polar surface area (TPSA) is 92.8 Å². The molecule has 7 nitrogen and oxygen atoms in total. The summed E-state index contributed by atoms with van der Waals surface area (Å²) < 4.78 is 32.1. The molecule has 0 aliphatic carbocycles. The van der Waals surface area contributed by atoms with Gasteiger partial charge in [0.05, 0.1) is 4.90 Å². The lowest BCUT2D eigenvalue weighted by Gasteiger charge is -2.32. The second-order valence-electron chi connectivity index (χ2n) is 6.88. The molecule has 0 aromatic heterocycles. The van der Waals surface area contributed by atoms with Crippen LogP contribution in [0.2, 0.25) is 5.02 Å². The summed E-state index contributed by atoms with van der Waals surface area (Å²) in [6, 6.07) is 4.43. The zero-order valence-corrected chi connectivity index (χ0v) is 17.2. The fraction of sp³-hybridized carbons (Fsp3) is 0.556. The van der Waals surface area contributed by atoms with Crippen molar-refractivity contribution in [3.8, 4) is 0 Å². The molecule has 1 fully saturated rings. The molecule has 1 aromatic rings. The van der Waals surface area contributed by atoms with Crippen molar-refractivity contribution in [2.45, 2.75) is 50.7 Å². The Hall–Kier alpha value is -1.64. The number of likely N-dealkylation sites (tertiary alicyclic amines) is 1. The van der Waals surface area contributed by atoms with E-state index in [1.54, 1.807) is 4.90 Å². The van der Waals surface area contributed by atoms with Crippen LogP contribution in [0.4, 0.5) is 0 Å². The van der Waals surface area contributed by atoms with Crippen molar-refractivity contribution in [3.63, 3.8) is 0 Å². The van der Waals surface area contributed by atoms with Gasteiger partial charge in [-0.3, -0.25) is 9.59 Å². The summed E-state index contributed by atoms with van der Waals surface area (Å²) in [6.45, 7) is 6.29. The number of piperidine rings is 1. The molecule has 1 amide bonds. The Kier molecular flexibility index (Phi) is 7.25. The lowest BCUT2D eigenvalue weighted by Crippen LogP contribution is -2.46. The Balaban J connectivity index is 1.92. The van der Waals surface area contributed by atoms with E-state index in [1.807, 2.05) is 0 Å². The van der Waals surface area contributed by atoms with Crippen LogP contribution in [0, 0.1) is 5.92 Å². The van der Waals surface area contributed by atoms with E-state index in [0.717, 1.165) is 12.8 Å². The maximum absolute atomic E-state index is 12.4. The smallest absolute Gasteiger partial charge is 0.324 e. The third-order valence-electron chi connectivity index (χ3n) is 4.55. The van der Waals surface area contributed by atoms with E-state index < -0.39 is 28.1 Å². The fourth-order valence-electron chi connectivity index (χ4n) is 2.78. The molecule has 1 aromatic carbocycles. The Morgan fingerprint density at radius 2 is 1.74 bits per heavy atom. The average Bonchev–Trinajstić information content (AvgIpc) is 2.61. The van der Waals surface area contributed by atoms with Crippen LogP contribution in [-0.4, -0.2) is 50.4 Å². The highest BCUT2D eigenvalue weighted by Gasteiger charge is 2.29. The number of sulfonamides is 1. The van der Waals surface area contributed by atoms with Gasteiger partial charge in [-0.15, -0.1) is 0 Å². The molecule has 1 N–H and O–H groups in total. The summed E-state index contributed by atoms with van der Waals surface area (Å²) in [4.78, 5) is 26.3. The molecule has 2 unspecified atom stereocenters. The van der Waals surface area contributed by atoms with Gasteiger partial charge in [-0.05, 0) is 56.9 Å². The quantitative estimate of drug-likeness (QED) is 0.717. The molecule has 1 heterocycles. The summed E-state index contributed by atoms with van der Waals surface area (Å²) in [5.41, 5.74) is 0. The van der Waals surface area contributed by atoms with E-state index >= 15 is 0 Å². The number of rotatable bonds is 6. The molecule has 2 atom stereocenters. The van der Waals surface area contributed by atoms with Gasteiger partial charge in [0.15, 0.2) is 6.10 Å². The number of esters is 1. The first kappa shape index (κ1) is 21.7. The lowest BCUT2D eigenvalue weighted by molar-refractivity contribution is -0.160. The van der Waals surface area contributed by atoms with Crippen molar-refractivity contribution in [3.05, 3.63) is 29.3 Å². The highest BCUT2D eigenvalue weighted by atomic mass is 35.5. The zero-order chi connectivity index (χ0) is 20.2. The number of hydrogen-bond acceptors (Lipinski definition) is 5. The molecule has 0 saturated carbocycles. The summed E-state index contributed by atoms with van der Waals surface area (Å²) in [7, 11) is -3.91. The van der Waals surface area contributed by atoms with Gasteiger partial charge in [0.1, 0.15) is 6.04 Å². The molecule has 2 rings (SSSR count). The molecule has 1 aliphatic rings. The normalized spacial score (nSPS) is 18.0. The molecule has 0 bridgehead atoms. The molecule has 1 aliphatic heterocycles. The monoisotopic (exact) mass is 416 g/mol. The Morgan fingerprint density at radius 3 is 2.30 bits per heavy atom. The van der Waals surface area contributed by atoms with Gasteiger partial charge in [0.2, 0.25) is 10.0 Å². The number of benzene rings is 1. The first-order valence-corrected chi connectivity index (χ1v) is 10.7. The van der Waals surface area contributed by atoms with Crippen LogP contribution >= 0.6 is 11.6 Å². The minimum absolute atomic E-state index is 0.0156. The molecule has 0 spiro atoms.